The summed E-state index contributed by atoms with van der Waals surface area (Å²) in [5, 5.41) is 29.9. The molecule has 2 saturated carbocycles. The first-order chi connectivity index (χ1) is 10.3. The fraction of sp³-hybridized carbons (Fsp3) is 0.684. The maximum atomic E-state index is 10.1. The second kappa shape index (κ2) is 4.27. The van der Waals surface area contributed by atoms with E-state index in [9.17, 15) is 15.3 Å². The Morgan fingerprint density at radius 2 is 1.82 bits per heavy atom. The molecule has 0 aliphatic heterocycles. The standard InChI is InChI=1S/C19H26O3/c1-17-8-3-4-14(17)13-6-5-12-10-19(21,22)16(20)11-18(12,2)15(13)7-9-17/h5-6,10-11,13-15,20-22H,3-4,7-9H2,1-2H3/t13-,14-,15-,17-,18-/m0/s1. The lowest BCUT2D eigenvalue weighted by Crippen LogP contribution is -2.48. The minimum absolute atomic E-state index is 0.289. The van der Waals surface area contributed by atoms with E-state index in [1.165, 1.54) is 31.8 Å². The van der Waals surface area contributed by atoms with Gasteiger partial charge in [-0.3, -0.25) is 0 Å². The van der Waals surface area contributed by atoms with Crippen molar-refractivity contribution in [2.45, 2.75) is 51.7 Å². The summed E-state index contributed by atoms with van der Waals surface area (Å²) in [5.41, 5.74) is 1.11. The van der Waals surface area contributed by atoms with Crippen LogP contribution in [0.5, 0.6) is 0 Å². The summed E-state index contributed by atoms with van der Waals surface area (Å²) in [5.74, 6) is -0.836. The number of hydrogen-bond acceptors (Lipinski definition) is 3. The van der Waals surface area contributed by atoms with Gasteiger partial charge in [-0.2, -0.15) is 0 Å². The molecular formula is C19H26O3. The number of fused-ring (bicyclic) bond motifs is 5. The van der Waals surface area contributed by atoms with Crippen LogP contribution in [0.4, 0.5) is 0 Å². The second-order valence-electron chi connectivity index (χ2n) is 8.37. The van der Waals surface area contributed by atoms with Gasteiger partial charge in [0.05, 0.1) is 0 Å². The zero-order valence-electron chi connectivity index (χ0n) is 13.4. The number of allylic oxidation sites excluding steroid dienone is 4. The first kappa shape index (κ1) is 14.5. The second-order valence-corrected chi connectivity index (χ2v) is 8.37. The van der Waals surface area contributed by atoms with Crippen LogP contribution in [0.25, 0.3) is 0 Å². The fourth-order valence-corrected chi connectivity index (χ4v) is 5.84. The first-order valence-corrected chi connectivity index (χ1v) is 8.55. The summed E-state index contributed by atoms with van der Waals surface area (Å²) in [6.45, 7) is 4.59. The summed E-state index contributed by atoms with van der Waals surface area (Å²) in [6, 6.07) is 0. The Kier molecular flexibility index (Phi) is 2.82. The normalized spacial score (nSPS) is 48.8. The highest BCUT2D eigenvalue weighted by atomic mass is 16.5. The van der Waals surface area contributed by atoms with E-state index in [0.717, 1.165) is 17.9 Å². The summed E-state index contributed by atoms with van der Waals surface area (Å²) in [6.07, 6.45) is 13.8. The van der Waals surface area contributed by atoms with Crippen molar-refractivity contribution in [3.63, 3.8) is 0 Å². The van der Waals surface area contributed by atoms with Crippen LogP contribution in [-0.2, 0) is 0 Å². The first-order valence-electron chi connectivity index (χ1n) is 8.55. The minimum Gasteiger partial charge on any atom is -0.507 e. The van der Waals surface area contributed by atoms with Gasteiger partial charge in [0, 0.05) is 5.41 Å². The smallest absolute Gasteiger partial charge is 0.243 e. The lowest BCUT2D eigenvalue weighted by Gasteiger charge is -2.54. The van der Waals surface area contributed by atoms with Crippen molar-refractivity contribution >= 4 is 0 Å². The Balaban J connectivity index is 1.79. The average Bonchev–Trinajstić information content (AvgIpc) is 2.82. The molecule has 0 radical (unpaired) electrons. The molecule has 4 rings (SSSR count). The number of rotatable bonds is 0. The van der Waals surface area contributed by atoms with E-state index in [4.69, 9.17) is 0 Å². The van der Waals surface area contributed by atoms with Gasteiger partial charge in [0.2, 0.25) is 5.79 Å². The van der Waals surface area contributed by atoms with E-state index >= 15 is 0 Å². The van der Waals surface area contributed by atoms with E-state index in [2.05, 4.69) is 26.0 Å². The van der Waals surface area contributed by atoms with Gasteiger partial charge in [-0.05, 0) is 66.6 Å². The zero-order valence-corrected chi connectivity index (χ0v) is 13.4. The number of hydrogen-bond donors (Lipinski definition) is 3. The van der Waals surface area contributed by atoms with Gasteiger partial charge in [-0.15, -0.1) is 0 Å². The molecule has 0 bridgehead atoms. The largest absolute Gasteiger partial charge is 0.507 e. The van der Waals surface area contributed by atoms with Gasteiger partial charge >= 0.3 is 0 Å². The molecule has 0 unspecified atom stereocenters. The molecule has 0 amide bonds. The molecule has 3 N–H and O–H groups in total. The summed E-state index contributed by atoms with van der Waals surface area (Å²) >= 11 is 0. The van der Waals surface area contributed by atoms with Gasteiger partial charge in [0.1, 0.15) is 0 Å². The molecule has 4 aliphatic rings. The third-order valence-electron chi connectivity index (χ3n) is 7.17. The van der Waals surface area contributed by atoms with E-state index in [0.29, 0.717) is 17.3 Å². The Morgan fingerprint density at radius 3 is 2.59 bits per heavy atom. The highest BCUT2D eigenvalue weighted by molar-refractivity contribution is 5.44. The molecule has 0 spiro atoms. The van der Waals surface area contributed by atoms with Crippen LogP contribution in [0, 0.1) is 28.6 Å². The highest BCUT2D eigenvalue weighted by Crippen LogP contribution is 2.63. The van der Waals surface area contributed by atoms with Crippen LogP contribution in [0.15, 0.2) is 35.6 Å². The molecule has 3 heteroatoms. The summed E-state index contributed by atoms with van der Waals surface area (Å²) < 4.78 is 0. The van der Waals surface area contributed by atoms with E-state index in [1.807, 2.05) is 0 Å². The zero-order chi connectivity index (χ0) is 15.8. The molecule has 120 valence electrons. The molecule has 4 aliphatic carbocycles. The lowest BCUT2D eigenvalue weighted by molar-refractivity contribution is -0.117. The van der Waals surface area contributed by atoms with Gasteiger partial charge in [0.25, 0.3) is 0 Å². The van der Waals surface area contributed by atoms with E-state index in [1.54, 1.807) is 6.08 Å². The van der Waals surface area contributed by atoms with Gasteiger partial charge in [-0.25, -0.2) is 0 Å². The van der Waals surface area contributed by atoms with Crippen LogP contribution in [0.3, 0.4) is 0 Å². The number of aliphatic hydroxyl groups excluding tert-OH is 1. The maximum Gasteiger partial charge on any atom is 0.243 e. The van der Waals surface area contributed by atoms with Crippen LogP contribution < -0.4 is 0 Å². The molecule has 2 fully saturated rings. The molecule has 0 heterocycles. The van der Waals surface area contributed by atoms with Crippen LogP contribution in [0.1, 0.15) is 46.0 Å². The van der Waals surface area contributed by atoms with Crippen molar-refractivity contribution in [3.8, 4) is 0 Å². The molecule has 0 aromatic rings. The van der Waals surface area contributed by atoms with Crippen molar-refractivity contribution < 1.29 is 15.3 Å². The van der Waals surface area contributed by atoms with Crippen molar-refractivity contribution in [2.75, 3.05) is 0 Å². The van der Waals surface area contributed by atoms with Crippen LogP contribution >= 0.6 is 0 Å². The van der Waals surface area contributed by atoms with Gasteiger partial charge in [0.15, 0.2) is 5.76 Å². The van der Waals surface area contributed by atoms with Crippen molar-refractivity contribution in [1.82, 2.24) is 0 Å². The molecule has 0 aromatic carbocycles. The van der Waals surface area contributed by atoms with Crippen molar-refractivity contribution in [1.29, 1.82) is 0 Å². The third kappa shape index (κ3) is 1.75. The number of aliphatic hydroxyl groups is 3. The van der Waals surface area contributed by atoms with Crippen molar-refractivity contribution in [3.05, 3.63) is 35.6 Å². The predicted octanol–water partition coefficient (Wildman–Crippen LogP) is 3.46. The quantitative estimate of drug-likeness (QED) is 0.601. The average molecular weight is 302 g/mol. The molecule has 0 saturated heterocycles. The lowest BCUT2D eigenvalue weighted by atomic mass is 9.50. The highest BCUT2D eigenvalue weighted by Gasteiger charge is 2.55. The van der Waals surface area contributed by atoms with E-state index < -0.39 is 5.79 Å². The van der Waals surface area contributed by atoms with E-state index in [-0.39, 0.29) is 11.2 Å². The van der Waals surface area contributed by atoms with Gasteiger partial charge in [-0.1, -0.05) is 32.4 Å². The SMILES string of the molecule is C[C@@]12CCC[C@H]1[C@@H]1C=CC3=CC(O)(O)C(O)=C[C@]3(C)[C@H]1CC2. The Labute approximate surface area is 132 Å². The topological polar surface area (TPSA) is 60.7 Å². The molecule has 5 atom stereocenters. The molecule has 3 nitrogen and oxygen atoms in total. The Hall–Kier alpha value is -1.06. The fourth-order valence-electron chi connectivity index (χ4n) is 5.84. The molecular weight excluding hydrogens is 276 g/mol. The summed E-state index contributed by atoms with van der Waals surface area (Å²) in [7, 11) is 0. The maximum absolute atomic E-state index is 10.1. The Morgan fingerprint density at radius 1 is 1.05 bits per heavy atom. The van der Waals surface area contributed by atoms with Crippen LogP contribution in [0.2, 0.25) is 0 Å². The van der Waals surface area contributed by atoms with Crippen molar-refractivity contribution in [2.24, 2.45) is 28.6 Å². The monoisotopic (exact) mass is 302 g/mol. The summed E-state index contributed by atoms with van der Waals surface area (Å²) in [4.78, 5) is 0. The third-order valence-corrected chi connectivity index (χ3v) is 7.17. The van der Waals surface area contributed by atoms with Gasteiger partial charge < -0.3 is 15.3 Å². The van der Waals surface area contributed by atoms with Crippen LogP contribution in [-0.4, -0.2) is 21.1 Å². The minimum atomic E-state index is -2.22. The molecule has 0 aromatic heterocycles. The predicted molar refractivity (Wildman–Crippen MR) is 84.9 cm³/mol. The Bertz CT molecular complexity index is 600. The molecule has 22 heavy (non-hydrogen) atoms.